The quantitative estimate of drug-likeness (QED) is 0.802. The van der Waals surface area contributed by atoms with E-state index in [4.69, 9.17) is 4.74 Å². The predicted molar refractivity (Wildman–Crippen MR) is 110 cm³/mol. The number of amides is 1. The van der Waals surface area contributed by atoms with Gasteiger partial charge in [0.05, 0.1) is 12.1 Å². The van der Waals surface area contributed by atoms with Gasteiger partial charge in [0.1, 0.15) is 17.9 Å². The van der Waals surface area contributed by atoms with Crippen molar-refractivity contribution >= 4 is 11.7 Å². The first kappa shape index (κ1) is 19.6. The number of anilines is 1. The van der Waals surface area contributed by atoms with Crippen LogP contribution >= 0.6 is 0 Å². The van der Waals surface area contributed by atoms with Crippen LogP contribution in [-0.4, -0.2) is 52.8 Å². The van der Waals surface area contributed by atoms with Crippen molar-refractivity contribution in [1.29, 1.82) is 0 Å². The maximum Gasteiger partial charge on any atom is 0.258 e. The van der Waals surface area contributed by atoms with E-state index in [9.17, 15) is 9.90 Å². The summed E-state index contributed by atoms with van der Waals surface area (Å²) in [6.45, 7) is 5.69. The number of hydrogen-bond acceptors (Lipinski definition) is 6. The summed E-state index contributed by atoms with van der Waals surface area (Å²) in [5.41, 5.74) is 2.09. The molecule has 1 amide bonds. The van der Waals surface area contributed by atoms with Crippen molar-refractivity contribution in [3.05, 3.63) is 47.9 Å². The average Bonchev–Trinajstić information content (AvgIpc) is 3.10. The smallest absolute Gasteiger partial charge is 0.258 e. The molecular formula is C22H28N4O3. The van der Waals surface area contributed by atoms with Gasteiger partial charge < -0.3 is 20.1 Å². The number of fused-ring (bicyclic) bond motifs is 1. The molecule has 2 aromatic rings. The van der Waals surface area contributed by atoms with Crippen LogP contribution in [0.3, 0.4) is 0 Å². The lowest BCUT2D eigenvalue weighted by atomic mass is 9.77. The van der Waals surface area contributed by atoms with Crippen molar-refractivity contribution in [3.63, 3.8) is 0 Å². The first-order valence-corrected chi connectivity index (χ1v) is 10.2. The molecule has 7 nitrogen and oxygen atoms in total. The van der Waals surface area contributed by atoms with E-state index in [1.165, 1.54) is 0 Å². The van der Waals surface area contributed by atoms with E-state index in [0.29, 0.717) is 24.0 Å². The Balaban J connectivity index is 1.31. The average molecular weight is 396 g/mol. The standard InChI is InChI=1S/C22H28N4O3/c1-14-3-5-18(6-4-14)29-12-22(28)25-19-8-16-10-26(11-17(16)9-20(19)27)21-7-15(2)23-13-24-21/h3-7,13,16-17,19-20,27H,8-12H2,1-2H3,(H,25,28)/t16-,17+,19-,20-/m0/s1. The number of rotatable bonds is 5. The van der Waals surface area contributed by atoms with Crippen LogP contribution in [-0.2, 0) is 4.79 Å². The molecule has 1 saturated carbocycles. The second kappa shape index (κ2) is 8.37. The molecule has 0 unspecified atom stereocenters. The molecule has 1 aliphatic carbocycles. The molecule has 2 N–H and O–H groups in total. The second-order valence-corrected chi connectivity index (χ2v) is 8.26. The maximum atomic E-state index is 12.3. The van der Waals surface area contributed by atoms with E-state index in [1.807, 2.05) is 44.2 Å². The number of hydrogen-bond donors (Lipinski definition) is 2. The molecule has 0 radical (unpaired) electrons. The Hall–Kier alpha value is -2.67. The predicted octanol–water partition coefficient (Wildman–Crippen LogP) is 1.86. The van der Waals surface area contributed by atoms with Crippen molar-refractivity contribution < 1.29 is 14.6 Å². The van der Waals surface area contributed by atoms with Crippen LogP contribution in [0.2, 0.25) is 0 Å². The molecule has 4 atom stereocenters. The number of benzene rings is 1. The summed E-state index contributed by atoms with van der Waals surface area (Å²) in [6.07, 6.45) is 2.52. The normalized spacial score (nSPS) is 26.1. The molecule has 1 aromatic heterocycles. The Labute approximate surface area is 171 Å². The maximum absolute atomic E-state index is 12.3. The zero-order valence-corrected chi connectivity index (χ0v) is 16.9. The molecule has 1 aromatic carbocycles. The number of nitrogens with zero attached hydrogens (tertiary/aromatic N) is 3. The number of aromatic nitrogens is 2. The summed E-state index contributed by atoms with van der Waals surface area (Å²) in [6, 6.07) is 9.36. The van der Waals surface area contributed by atoms with Crippen LogP contribution in [0.5, 0.6) is 5.75 Å². The van der Waals surface area contributed by atoms with Crippen molar-refractivity contribution in [2.24, 2.45) is 11.8 Å². The Kier molecular flexibility index (Phi) is 5.67. The number of aryl methyl sites for hydroxylation is 2. The summed E-state index contributed by atoms with van der Waals surface area (Å²) in [5.74, 6) is 2.25. The van der Waals surface area contributed by atoms with Gasteiger partial charge in [-0.25, -0.2) is 9.97 Å². The van der Waals surface area contributed by atoms with Gasteiger partial charge in [-0.3, -0.25) is 4.79 Å². The highest BCUT2D eigenvalue weighted by Gasteiger charge is 2.42. The topological polar surface area (TPSA) is 87.6 Å². The first-order chi connectivity index (χ1) is 14.0. The summed E-state index contributed by atoms with van der Waals surface area (Å²) in [5, 5.41) is 13.6. The molecule has 0 spiro atoms. The van der Waals surface area contributed by atoms with E-state index >= 15 is 0 Å². The van der Waals surface area contributed by atoms with Crippen molar-refractivity contribution in [2.75, 3.05) is 24.6 Å². The van der Waals surface area contributed by atoms with E-state index in [1.54, 1.807) is 6.33 Å². The number of carbonyl (C=O) groups is 1. The van der Waals surface area contributed by atoms with E-state index in [0.717, 1.165) is 36.6 Å². The fourth-order valence-corrected chi connectivity index (χ4v) is 4.42. The van der Waals surface area contributed by atoms with Gasteiger partial charge in [-0.2, -0.15) is 0 Å². The number of nitrogens with one attached hydrogen (secondary N) is 1. The molecule has 2 aliphatic rings. The van der Waals surface area contributed by atoms with Crippen LogP contribution in [0, 0.1) is 25.7 Å². The third-order valence-electron chi connectivity index (χ3n) is 5.99. The molecule has 1 aliphatic heterocycles. The van der Waals surface area contributed by atoms with Crippen molar-refractivity contribution in [2.45, 2.75) is 38.8 Å². The molecule has 154 valence electrons. The van der Waals surface area contributed by atoms with E-state index < -0.39 is 6.10 Å². The van der Waals surface area contributed by atoms with E-state index in [-0.39, 0.29) is 18.6 Å². The molecule has 29 heavy (non-hydrogen) atoms. The highest BCUT2D eigenvalue weighted by molar-refractivity contribution is 5.78. The molecular weight excluding hydrogens is 368 g/mol. The summed E-state index contributed by atoms with van der Waals surface area (Å²) < 4.78 is 5.56. The first-order valence-electron chi connectivity index (χ1n) is 10.2. The number of ether oxygens (including phenoxy) is 1. The SMILES string of the molecule is Cc1ccc(OCC(=O)N[C@H]2C[C@H]3CN(c4cc(C)ncn4)C[C@H]3C[C@@H]2O)cc1. The zero-order chi connectivity index (χ0) is 20.4. The largest absolute Gasteiger partial charge is 0.484 e. The fourth-order valence-electron chi connectivity index (χ4n) is 4.42. The molecule has 2 fully saturated rings. The second-order valence-electron chi connectivity index (χ2n) is 8.26. The van der Waals surface area contributed by atoms with Crippen molar-refractivity contribution in [1.82, 2.24) is 15.3 Å². The van der Waals surface area contributed by atoms with E-state index in [2.05, 4.69) is 20.2 Å². The minimum absolute atomic E-state index is 0.0489. The van der Waals surface area contributed by atoms with Crippen LogP contribution in [0.4, 0.5) is 5.82 Å². The number of aliphatic hydroxyl groups is 1. The summed E-state index contributed by atoms with van der Waals surface area (Å²) in [4.78, 5) is 23.2. The van der Waals surface area contributed by atoms with Gasteiger partial charge in [0.2, 0.25) is 0 Å². The fraction of sp³-hybridized carbons (Fsp3) is 0.500. The van der Waals surface area contributed by atoms with Crippen molar-refractivity contribution in [3.8, 4) is 5.75 Å². The number of aliphatic hydroxyl groups excluding tert-OH is 1. The zero-order valence-electron chi connectivity index (χ0n) is 16.9. The lowest BCUT2D eigenvalue weighted by molar-refractivity contribution is -0.125. The van der Waals surface area contributed by atoms with Gasteiger partial charge in [-0.05, 0) is 50.7 Å². The van der Waals surface area contributed by atoms with Crippen LogP contribution in [0.15, 0.2) is 36.7 Å². The van der Waals surface area contributed by atoms with Gasteiger partial charge >= 0.3 is 0 Å². The highest BCUT2D eigenvalue weighted by Crippen LogP contribution is 2.38. The summed E-state index contributed by atoms with van der Waals surface area (Å²) in [7, 11) is 0. The molecule has 4 rings (SSSR count). The van der Waals surface area contributed by atoms with Gasteiger partial charge in [-0.1, -0.05) is 17.7 Å². The van der Waals surface area contributed by atoms with Crippen LogP contribution < -0.4 is 15.0 Å². The minimum Gasteiger partial charge on any atom is -0.484 e. The lowest BCUT2D eigenvalue weighted by Gasteiger charge is -2.35. The highest BCUT2D eigenvalue weighted by atomic mass is 16.5. The van der Waals surface area contributed by atoms with Gasteiger partial charge in [0, 0.05) is 24.8 Å². The molecule has 7 heteroatoms. The third kappa shape index (κ3) is 4.67. The Morgan fingerprint density at radius 3 is 2.62 bits per heavy atom. The third-order valence-corrected chi connectivity index (χ3v) is 5.99. The summed E-state index contributed by atoms with van der Waals surface area (Å²) >= 11 is 0. The molecule has 1 saturated heterocycles. The Morgan fingerprint density at radius 1 is 1.17 bits per heavy atom. The monoisotopic (exact) mass is 396 g/mol. The Morgan fingerprint density at radius 2 is 1.90 bits per heavy atom. The van der Waals surface area contributed by atoms with Gasteiger partial charge in [0.25, 0.3) is 5.91 Å². The minimum atomic E-state index is -0.535. The van der Waals surface area contributed by atoms with Crippen LogP contribution in [0.1, 0.15) is 24.1 Å². The number of carbonyl (C=O) groups excluding carboxylic acids is 1. The Bertz CT molecular complexity index is 857. The van der Waals surface area contributed by atoms with Gasteiger partial charge in [0.15, 0.2) is 6.61 Å². The molecule has 0 bridgehead atoms. The molecule has 2 heterocycles. The van der Waals surface area contributed by atoms with Crippen LogP contribution in [0.25, 0.3) is 0 Å². The lowest BCUT2D eigenvalue weighted by Crippen LogP contribution is -2.50. The van der Waals surface area contributed by atoms with Gasteiger partial charge in [-0.15, -0.1) is 0 Å².